The van der Waals surface area contributed by atoms with Gasteiger partial charge in [0.2, 0.25) is 11.7 Å². The number of fused-ring (bicyclic) bond motifs is 1. The van der Waals surface area contributed by atoms with Gasteiger partial charge in [0, 0.05) is 18.8 Å². The van der Waals surface area contributed by atoms with Crippen LogP contribution in [-0.4, -0.2) is 56.9 Å². The Labute approximate surface area is 254 Å². The lowest BCUT2D eigenvalue weighted by Gasteiger charge is -2.37. The molecule has 2 aromatic heterocycles. The number of anilines is 1. The van der Waals surface area contributed by atoms with Crippen molar-refractivity contribution in [1.29, 1.82) is 0 Å². The van der Waals surface area contributed by atoms with Crippen molar-refractivity contribution >= 4 is 20.8 Å². The molecule has 0 aliphatic carbocycles. The second-order valence-electron chi connectivity index (χ2n) is 10.2. The van der Waals surface area contributed by atoms with Crippen LogP contribution in [0, 0.1) is 0 Å². The van der Waals surface area contributed by atoms with Crippen LogP contribution in [0.2, 0.25) is 0 Å². The third kappa shape index (κ3) is 5.54. The van der Waals surface area contributed by atoms with Gasteiger partial charge >= 0.3 is 5.69 Å². The normalized spacial score (nSPS) is 18.8. The van der Waals surface area contributed by atoms with Crippen molar-refractivity contribution < 1.29 is 28.4 Å². The molecule has 3 aromatic carbocycles. The lowest BCUT2D eigenvalue weighted by molar-refractivity contribution is -0.0896. The summed E-state index contributed by atoms with van der Waals surface area (Å²) in [6.45, 7) is 0.0921. The van der Waals surface area contributed by atoms with E-state index < -0.39 is 38.8 Å². The van der Waals surface area contributed by atoms with E-state index in [1.54, 1.807) is 31.2 Å². The Balaban J connectivity index is 1.39. The van der Waals surface area contributed by atoms with Crippen LogP contribution in [0.15, 0.2) is 96.1 Å². The van der Waals surface area contributed by atoms with Crippen molar-refractivity contribution in [3.63, 3.8) is 0 Å². The molecule has 0 spiro atoms. The highest BCUT2D eigenvalue weighted by molar-refractivity contribution is 7.25. The van der Waals surface area contributed by atoms with Gasteiger partial charge in [0.15, 0.2) is 9.03 Å². The minimum atomic E-state index is -1.07. The topological polar surface area (TPSA) is 145 Å². The molecule has 4 atom stereocenters. The van der Waals surface area contributed by atoms with Crippen LogP contribution in [0.4, 0.5) is 5.95 Å². The smallest absolute Gasteiger partial charge is 0.357 e. The highest BCUT2D eigenvalue weighted by Gasteiger charge is 2.43. The Bertz CT molecular complexity index is 1720. The SMILES string of the molecule is COc1ccc(C(OC[C@H]2O[C@@H](n3ccn4c(=O)nc(N)nc34)C[C@@H]2OPO)(c2ccccc2)c2ccc(OC)cc2)cc1. The van der Waals surface area contributed by atoms with E-state index in [-0.39, 0.29) is 18.3 Å². The highest BCUT2D eigenvalue weighted by Crippen LogP contribution is 2.43. The first-order valence-corrected chi connectivity index (χ1v) is 14.7. The summed E-state index contributed by atoms with van der Waals surface area (Å²) in [5, 5.41) is 0. The van der Waals surface area contributed by atoms with Crippen molar-refractivity contribution in [3.8, 4) is 11.5 Å². The first-order valence-electron chi connectivity index (χ1n) is 13.9. The molecule has 3 heterocycles. The molecule has 1 saturated heterocycles. The van der Waals surface area contributed by atoms with Gasteiger partial charge in [-0.2, -0.15) is 9.97 Å². The number of aromatic nitrogens is 4. The fraction of sp³-hybridized carbons (Fsp3) is 0.258. The van der Waals surface area contributed by atoms with Crippen molar-refractivity contribution in [2.75, 3.05) is 26.6 Å². The van der Waals surface area contributed by atoms with Crippen molar-refractivity contribution in [1.82, 2.24) is 18.9 Å². The molecule has 6 rings (SSSR count). The number of hydrogen-bond acceptors (Lipinski definition) is 10. The van der Waals surface area contributed by atoms with E-state index in [0.717, 1.165) is 16.7 Å². The molecule has 0 bridgehead atoms. The largest absolute Gasteiger partial charge is 0.497 e. The molecule has 1 unspecified atom stereocenters. The molecule has 228 valence electrons. The van der Waals surface area contributed by atoms with Crippen LogP contribution >= 0.6 is 9.03 Å². The molecule has 0 saturated carbocycles. The number of nitrogens with zero attached hydrogens (tertiary/aromatic N) is 4. The maximum atomic E-state index is 12.3. The number of benzene rings is 3. The molecule has 1 fully saturated rings. The third-order valence-corrected chi connectivity index (χ3v) is 8.19. The summed E-state index contributed by atoms with van der Waals surface area (Å²) in [6.07, 6.45) is 1.93. The maximum absolute atomic E-state index is 12.3. The van der Waals surface area contributed by atoms with E-state index in [1.807, 2.05) is 78.9 Å². The summed E-state index contributed by atoms with van der Waals surface area (Å²) in [5.41, 5.74) is 6.80. The third-order valence-electron chi connectivity index (χ3n) is 7.79. The van der Waals surface area contributed by atoms with Gasteiger partial charge in [0.1, 0.15) is 29.4 Å². The molecule has 12 nitrogen and oxygen atoms in total. The van der Waals surface area contributed by atoms with E-state index in [1.165, 1.54) is 4.40 Å². The zero-order valence-electron chi connectivity index (χ0n) is 24.1. The zero-order chi connectivity index (χ0) is 30.7. The predicted octanol–water partition coefficient (Wildman–Crippen LogP) is 3.67. The van der Waals surface area contributed by atoms with Crippen LogP contribution in [0.3, 0.4) is 0 Å². The van der Waals surface area contributed by atoms with Gasteiger partial charge in [0.05, 0.1) is 26.9 Å². The minimum absolute atomic E-state index is 0.0921. The lowest BCUT2D eigenvalue weighted by Crippen LogP contribution is -2.38. The summed E-state index contributed by atoms with van der Waals surface area (Å²) >= 11 is 0. The Hall–Kier alpha value is -4.32. The monoisotopic (exact) mass is 617 g/mol. The van der Waals surface area contributed by atoms with E-state index in [2.05, 4.69) is 9.97 Å². The maximum Gasteiger partial charge on any atom is 0.357 e. The van der Waals surface area contributed by atoms with Crippen LogP contribution in [0.25, 0.3) is 5.78 Å². The van der Waals surface area contributed by atoms with Crippen molar-refractivity contribution in [2.45, 2.75) is 30.5 Å². The first kappa shape index (κ1) is 29.7. The average molecular weight is 618 g/mol. The molecule has 44 heavy (non-hydrogen) atoms. The van der Waals surface area contributed by atoms with Crippen LogP contribution < -0.4 is 20.9 Å². The molecule has 1 aliphatic heterocycles. The van der Waals surface area contributed by atoms with Gasteiger partial charge in [-0.15, -0.1) is 0 Å². The summed E-state index contributed by atoms with van der Waals surface area (Å²) in [5.74, 6) is 1.58. The van der Waals surface area contributed by atoms with Gasteiger partial charge in [-0.05, 0) is 41.0 Å². The Morgan fingerprint density at radius 1 is 0.932 bits per heavy atom. The second kappa shape index (κ2) is 12.7. The predicted molar refractivity (Wildman–Crippen MR) is 164 cm³/mol. The Kier molecular flexibility index (Phi) is 8.60. The highest BCUT2D eigenvalue weighted by atomic mass is 31.1. The number of rotatable bonds is 11. The molecule has 1 aliphatic rings. The second-order valence-corrected chi connectivity index (χ2v) is 10.6. The van der Waals surface area contributed by atoms with Crippen molar-refractivity contribution in [3.05, 3.63) is 118 Å². The summed E-state index contributed by atoms with van der Waals surface area (Å²) in [7, 11) is 2.49. The Morgan fingerprint density at radius 2 is 1.55 bits per heavy atom. The molecular formula is C31H32N5O7P. The summed E-state index contributed by atoms with van der Waals surface area (Å²) in [6, 6.07) is 25.4. The quantitative estimate of drug-likeness (QED) is 0.166. The van der Waals surface area contributed by atoms with Gasteiger partial charge < -0.3 is 34.1 Å². The fourth-order valence-corrected chi connectivity index (χ4v) is 6.04. The number of ether oxygens (including phenoxy) is 4. The molecule has 3 N–H and O–H groups in total. The van der Waals surface area contributed by atoms with Crippen LogP contribution in [-0.2, 0) is 19.6 Å². The van der Waals surface area contributed by atoms with E-state index in [0.29, 0.717) is 17.9 Å². The van der Waals surface area contributed by atoms with Gasteiger partial charge in [0.25, 0.3) is 0 Å². The number of imidazole rings is 1. The number of nitrogen functional groups attached to an aromatic ring is 1. The standard InChI is InChI=1S/C31H32N5O7P/c1-39-23-12-8-21(9-13-23)31(20-6-4-3-5-7-20,22-10-14-24(40-2)15-11-22)41-19-26-25(43-44-38)18-27(42-26)35-16-17-36-29(35)33-28(32)34-30(36)37/h3-17,25-27,38,44H,18-19H2,1-2H3,(H2,32,34,37)/t25-,26+,27+/m0/s1. The molecule has 0 radical (unpaired) electrons. The number of nitrogens with two attached hydrogens (primary N) is 1. The lowest BCUT2D eigenvalue weighted by atomic mass is 9.80. The number of hydrogen-bond donors (Lipinski definition) is 2. The van der Waals surface area contributed by atoms with Gasteiger partial charge in [-0.25, -0.2) is 9.20 Å². The minimum Gasteiger partial charge on any atom is -0.497 e. The van der Waals surface area contributed by atoms with E-state index in [9.17, 15) is 9.69 Å². The summed E-state index contributed by atoms with van der Waals surface area (Å²) in [4.78, 5) is 30.0. The van der Waals surface area contributed by atoms with E-state index >= 15 is 0 Å². The molecular weight excluding hydrogens is 585 g/mol. The fourth-order valence-electron chi connectivity index (χ4n) is 5.66. The molecule has 13 heteroatoms. The van der Waals surface area contributed by atoms with E-state index in [4.69, 9.17) is 29.2 Å². The molecule has 5 aromatic rings. The van der Waals surface area contributed by atoms with Gasteiger partial charge in [-0.1, -0.05) is 54.6 Å². The Morgan fingerprint density at radius 3 is 2.14 bits per heavy atom. The van der Waals surface area contributed by atoms with Gasteiger partial charge in [-0.3, -0.25) is 4.57 Å². The van der Waals surface area contributed by atoms with Crippen LogP contribution in [0.1, 0.15) is 29.3 Å². The average Bonchev–Trinajstić information content (AvgIpc) is 3.66. The van der Waals surface area contributed by atoms with Crippen molar-refractivity contribution in [2.24, 2.45) is 0 Å². The van der Waals surface area contributed by atoms with Crippen LogP contribution in [0.5, 0.6) is 11.5 Å². The number of methoxy groups -OCH3 is 2. The zero-order valence-corrected chi connectivity index (χ0v) is 25.1. The summed E-state index contributed by atoms with van der Waals surface area (Å²) < 4.78 is 33.1. The molecule has 0 amide bonds. The first-order chi connectivity index (χ1) is 21.5.